The summed E-state index contributed by atoms with van der Waals surface area (Å²) in [6, 6.07) is 3.01. The molecule has 22 heavy (non-hydrogen) atoms. The summed E-state index contributed by atoms with van der Waals surface area (Å²) >= 11 is 0. The predicted octanol–water partition coefficient (Wildman–Crippen LogP) is 1.13. The molecule has 0 saturated heterocycles. The molecule has 0 aliphatic carbocycles. The molecule has 2 atom stereocenters. The third-order valence-corrected chi connectivity index (χ3v) is 5.65. The number of hydrogen-bond donors (Lipinski definition) is 2. The van der Waals surface area contributed by atoms with E-state index in [0.29, 0.717) is 0 Å². The summed E-state index contributed by atoms with van der Waals surface area (Å²) < 4.78 is 44.8. The third-order valence-electron chi connectivity index (χ3n) is 3.45. The van der Waals surface area contributed by atoms with Crippen molar-refractivity contribution >= 4 is 10.0 Å². The van der Waals surface area contributed by atoms with Gasteiger partial charge in [0.05, 0.1) is 4.90 Å². The molecule has 0 saturated carbocycles. The van der Waals surface area contributed by atoms with Gasteiger partial charge in [-0.25, -0.2) is 12.8 Å². The summed E-state index contributed by atoms with van der Waals surface area (Å²) in [7, 11) is -4.19. The summed E-state index contributed by atoms with van der Waals surface area (Å²) in [4.78, 5) is -0.372. The summed E-state index contributed by atoms with van der Waals surface area (Å²) in [6.07, 6.45) is -1.81. The Hall–Kier alpha value is -1.06. The molecule has 1 aromatic rings. The van der Waals surface area contributed by atoms with Gasteiger partial charge in [0.15, 0.2) is 0 Å². The fourth-order valence-electron chi connectivity index (χ4n) is 2.78. The topological polar surface area (TPSA) is 87.1 Å². The molecule has 1 heterocycles. The first kappa shape index (κ1) is 17.3. The first-order valence-corrected chi connectivity index (χ1v) is 8.29. The van der Waals surface area contributed by atoms with Crippen LogP contribution in [0.15, 0.2) is 23.1 Å². The Kier molecular flexibility index (Phi) is 4.12. The van der Waals surface area contributed by atoms with Crippen molar-refractivity contribution in [1.82, 2.24) is 4.31 Å². The lowest BCUT2D eigenvalue weighted by Gasteiger charge is -2.42. The molecule has 2 N–H and O–H groups in total. The van der Waals surface area contributed by atoms with Gasteiger partial charge in [0, 0.05) is 17.7 Å². The van der Waals surface area contributed by atoms with Gasteiger partial charge in [0.2, 0.25) is 22.0 Å². The molecule has 0 spiro atoms. The number of benzene rings is 1. The Morgan fingerprint density at radius 1 is 1.41 bits per heavy atom. The van der Waals surface area contributed by atoms with E-state index in [9.17, 15) is 23.0 Å². The second-order valence-electron chi connectivity index (χ2n) is 6.11. The molecule has 0 radical (unpaired) electrons. The normalized spacial score (nSPS) is 26.0. The van der Waals surface area contributed by atoms with Gasteiger partial charge in [-0.1, -0.05) is 6.07 Å². The number of aliphatic hydroxyl groups excluding tert-OH is 1. The molecule has 2 unspecified atom stereocenters. The highest BCUT2D eigenvalue weighted by atomic mass is 32.2. The number of nitrogens with zero attached hydrogens (tertiary/aromatic N) is 1. The van der Waals surface area contributed by atoms with Crippen LogP contribution in [0.4, 0.5) is 4.39 Å². The molecule has 0 aromatic heterocycles. The molecule has 6 nitrogen and oxygen atoms in total. The summed E-state index contributed by atoms with van der Waals surface area (Å²) in [5, 5.41) is 21.2. The fourth-order valence-corrected chi connectivity index (χ4v) is 5.01. The highest BCUT2D eigenvalue weighted by molar-refractivity contribution is 7.89. The zero-order valence-corrected chi connectivity index (χ0v) is 13.7. The van der Waals surface area contributed by atoms with E-state index in [0.717, 1.165) is 22.5 Å². The van der Waals surface area contributed by atoms with Gasteiger partial charge in [0.25, 0.3) is 0 Å². The van der Waals surface area contributed by atoms with E-state index in [1.54, 1.807) is 27.7 Å². The van der Waals surface area contributed by atoms with E-state index in [2.05, 4.69) is 0 Å². The minimum absolute atomic E-state index is 0.0675. The van der Waals surface area contributed by atoms with Crippen LogP contribution in [0.2, 0.25) is 0 Å². The lowest BCUT2D eigenvalue weighted by atomic mass is 9.97. The molecule has 0 bridgehead atoms. The van der Waals surface area contributed by atoms with E-state index >= 15 is 0 Å². The van der Waals surface area contributed by atoms with Crippen LogP contribution < -0.4 is 0 Å². The molecule has 1 aliphatic rings. The van der Waals surface area contributed by atoms with Gasteiger partial charge < -0.3 is 14.9 Å². The molecule has 0 fully saturated rings. The van der Waals surface area contributed by atoms with Crippen LogP contribution in [0.5, 0.6) is 0 Å². The third kappa shape index (κ3) is 2.35. The molecule has 1 aliphatic heterocycles. The fraction of sp³-hybridized carbons (Fsp3) is 0.571. The predicted molar refractivity (Wildman–Crippen MR) is 76.7 cm³/mol. The van der Waals surface area contributed by atoms with Crippen LogP contribution in [0.3, 0.4) is 0 Å². The Bertz CT molecular complexity index is 685. The first-order chi connectivity index (χ1) is 9.97. The smallest absolute Gasteiger partial charge is 0.246 e. The number of ether oxygens (including phenoxy) is 1. The number of sulfonamides is 1. The molecule has 2 rings (SSSR count). The molecule has 8 heteroatoms. The lowest BCUT2D eigenvalue weighted by molar-refractivity contribution is -0.267. The van der Waals surface area contributed by atoms with E-state index < -0.39 is 33.4 Å². The number of fused-ring (bicyclic) bond motifs is 1. The second-order valence-corrected chi connectivity index (χ2v) is 7.87. The van der Waals surface area contributed by atoms with Crippen molar-refractivity contribution in [3.8, 4) is 0 Å². The first-order valence-electron chi connectivity index (χ1n) is 6.85. The lowest BCUT2D eigenvalue weighted by Crippen LogP contribution is -2.59. The van der Waals surface area contributed by atoms with Crippen molar-refractivity contribution in [1.29, 1.82) is 0 Å². The number of halogens is 1. The standard InChI is InChI=1S/C14H20FNO5S/c1-5-21-12(17)14(18)10-7-6-9(15)8-11(10)22(19,20)16(14)13(2,3)4/h6-8,12,17-18H,5H2,1-4H3. The van der Waals surface area contributed by atoms with Crippen LogP contribution in [0.25, 0.3) is 0 Å². The highest BCUT2D eigenvalue weighted by Gasteiger charge is 2.61. The van der Waals surface area contributed by atoms with Gasteiger partial charge in [-0.3, -0.25) is 0 Å². The summed E-state index contributed by atoms with van der Waals surface area (Å²) in [6.45, 7) is 6.37. The van der Waals surface area contributed by atoms with Crippen LogP contribution in [-0.2, 0) is 20.5 Å². The Balaban J connectivity index is 2.79. The maximum atomic E-state index is 13.5. The minimum Gasteiger partial charge on any atom is -0.366 e. The number of aliphatic hydroxyl groups is 2. The van der Waals surface area contributed by atoms with E-state index in [1.165, 1.54) is 0 Å². The molecule has 1 aromatic carbocycles. The quantitative estimate of drug-likeness (QED) is 0.810. The second kappa shape index (κ2) is 5.24. The number of rotatable bonds is 3. The van der Waals surface area contributed by atoms with E-state index in [-0.39, 0.29) is 17.1 Å². The highest BCUT2D eigenvalue weighted by Crippen LogP contribution is 2.48. The Labute approximate surface area is 129 Å². The molecular weight excluding hydrogens is 313 g/mol. The van der Waals surface area contributed by atoms with Crippen LogP contribution in [-0.4, -0.2) is 41.4 Å². The average Bonchev–Trinajstić information content (AvgIpc) is 2.54. The van der Waals surface area contributed by atoms with Gasteiger partial charge >= 0.3 is 0 Å². The van der Waals surface area contributed by atoms with Gasteiger partial charge in [-0.15, -0.1) is 0 Å². The van der Waals surface area contributed by atoms with Gasteiger partial charge in [0.1, 0.15) is 5.82 Å². The van der Waals surface area contributed by atoms with Crippen LogP contribution in [0, 0.1) is 5.82 Å². The van der Waals surface area contributed by atoms with Crippen molar-refractivity contribution < 1.29 is 27.8 Å². The largest absolute Gasteiger partial charge is 0.366 e. The van der Waals surface area contributed by atoms with Crippen molar-refractivity contribution in [2.75, 3.05) is 6.61 Å². The van der Waals surface area contributed by atoms with Gasteiger partial charge in [-0.05, 0) is 39.8 Å². The van der Waals surface area contributed by atoms with Crippen LogP contribution >= 0.6 is 0 Å². The maximum absolute atomic E-state index is 13.5. The monoisotopic (exact) mass is 333 g/mol. The van der Waals surface area contributed by atoms with Crippen molar-refractivity contribution in [2.45, 2.75) is 50.1 Å². The zero-order valence-electron chi connectivity index (χ0n) is 12.9. The van der Waals surface area contributed by atoms with Crippen molar-refractivity contribution in [2.24, 2.45) is 0 Å². The zero-order chi connectivity index (χ0) is 16.9. The summed E-state index contributed by atoms with van der Waals surface area (Å²) in [5.74, 6) is -0.744. The minimum atomic E-state index is -4.19. The molecule has 0 amide bonds. The van der Waals surface area contributed by atoms with Crippen LogP contribution in [0.1, 0.15) is 33.3 Å². The Morgan fingerprint density at radius 2 is 2.00 bits per heavy atom. The van der Waals surface area contributed by atoms with E-state index in [1.807, 2.05) is 0 Å². The van der Waals surface area contributed by atoms with Gasteiger partial charge in [-0.2, -0.15) is 4.31 Å². The summed E-state index contributed by atoms with van der Waals surface area (Å²) in [5.41, 5.74) is -3.50. The number of hydrogen-bond acceptors (Lipinski definition) is 5. The Morgan fingerprint density at radius 3 is 2.50 bits per heavy atom. The molecular formula is C14H20FNO5S. The van der Waals surface area contributed by atoms with E-state index in [4.69, 9.17) is 4.74 Å². The SMILES string of the molecule is CCOC(O)C1(O)c2ccc(F)cc2S(=O)(=O)N1C(C)(C)C. The molecule has 124 valence electrons. The van der Waals surface area contributed by atoms with Crippen molar-refractivity contribution in [3.63, 3.8) is 0 Å². The van der Waals surface area contributed by atoms with Crippen molar-refractivity contribution in [3.05, 3.63) is 29.6 Å². The maximum Gasteiger partial charge on any atom is 0.246 e. The average molecular weight is 333 g/mol.